The van der Waals surface area contributed by atoms with Crippen molar-refractivity contribution in [1.82, 2.24) is 5.43 Å². The Hall–Kier alpha value is -2.62. The van der Waals surface area contributed by atoms with Gasteiger partial charge in [-0.3, -0.25) is 0 Å². The van der Waals surface area contributed by atoms with E-state index in [9.17, 15) is 4.79 Å². The monoisotopic (exact) mass is 282 g/mol. The summed E-state index contributed by atoms with van der Waals surface area (Å²) < 4.78 is 4.75. The average molecular weight is 282 g/mol. The summed E-state index contributed by atoms with van der Waals surface area (Å²) in [4.78, 5) is 11.2. The molecule has 1 amide bonds. The highest BCUT2D eigenvalue weighted by molar-refractivity contribution is 5.99. The van der Waals surface area contributed by atoms with Crippen molar-refractivity contribution < 1.29 is 9.53 Å². The molecular formula is C17H18N2O2. The molecule has 0 spiro atoms. The SMILES string of the molecule is CCOC(=O)NN=C(C)c1ccc(-c2ccccc2)cc1. The number of nitrogens with one attached hydrogen (secondary N) is 1. The van der Waals surface area contributed by atoms with Gasteiger partial charge in [0.2, 0.25) is 0 Å². The van der Waals surface area contributed by atoms with Crippen LogP contribution in [0.4, 0.5) is 4.79 Å². The summed E-state index contributed by atoms with van der Waals surface area (Å²) in [5.74, 6) is 0. The van der Waals surface area contributed by atoms with Crippen molar-refractivity contribution in [3.63, 3.8) is 0 Å². The second-order valence-electron chi connectivity index (χ2n) is 4.47. The van der Waals surface area contributed by atoms with Crippen molar-refractivity contribution in [3.05, 3.63) is 60.2 Å². The van der Waals surface area contributed by atoms with Crippen LogP contribution in [0.1, 0.15) is 19.4 Å². The second-order valence-corrected chi connectivity index (χ2v) is 4.47. The van der Waals surface area contributed by atoms with Crippen molar-refractivity contribution in [3.8, 4) is 11.1 Å². The normalized spacial score (nSPS) is 11.0. The molecule has 0 aliphatic rings. The van der Waals surface area contributed by atoms with Gasteiger partial charge >= 0.3 is 6.09 Å². The number of carbonyl (C=O) groups is 1. The minimum atomic E-state index is -0.544. The zero-order valence-corrected chi connectivity index (χ0v) is 12.2. The third kappa shape index (κ3) is 4.18. The molecule has 0 fully saturated rings. The summed E-state index contributed by atoms with van der Waals surface area (Å²) >= 11 is 0. The highest BCUT2D eigenvalue weighted by atomic mass is 16.5. The number of amides is 1. The number of hydrazone groups is 1. The molecule has 0 aliphatic carbocycles. The van der Waals surface area contributed by atoms with Crippen LogP contribution in [0.25, 0.3) is 11.1 Å². The summed E-state index contributed by atoms with van der Waals surface area (Å²) in [6.45, 7) is 3.91. The molecule has 1 N–H and O–H groups in total. The van der Waals surface area contributed by atoms with Crippen LogP contribution in [0.2, 0.25) is 0 Å². The molecule has 0 aliphatic heterocycles. The molecule has 2 aromatic carbocycles. The first-order valence-corrected chi connectivity index (χ1v) is 6.83. The Labute approximate surface area is 124 Å². The maximum absolute atomic E-state index is 11.2. The Morgan fingerprint density at radius 2 is 1.67 bits per heavy atom. The van der Waals surface area contributed by atoms with Gasteiger partial charge in [0.05, 0.1) is 12.3 Å². The fourth-order valence-corrected chi connectivity index (χ4v) is 1.89. The molecule has 21 heavy (non-hydrogen) atoms. The number of benzene rings is 2. The van der Waals surface area contributed by atoms with Crippen LogP contribution in [0, 0.1) is 0 Å². The van der Waals surface area contributed by atoms with Crippen molar-refractivity contribution in [1.29, 1.82) is 0 Å². The second kappa shape index (κ2) is 7.24. The standard InChI is InChI=1S/C17H18N2O2/c1-3-21-17(20)19-18-13(2)14-9-11-16(12-10-14)15-7-5-4-6-8-15/h4-12H,3H2,1-2H3,(H,19,20). The largest absolute Gasteiger partial charge is 0.449 e. The van der Waals surface area contributed by atoms with Gasteiger partial charge in [-0.1, -0.05) is 54.6 Å². The van der Waals surface area contributed by atoms with Crippen LogP contribution in [-0.2, 0) is 4.74 Å². The summed E-state index contributed by atoms with van der Waals surface area (Å²) in [5, 5.41) is 4.01. The summed E-state index contributed by atoms with van der Waals surface area (Å²) in [6.07, 6.45) is -0.544. The van der Waals surface area contributed by atoms with Crippen LogP contribution >= 0.6 is 0 Å². The van der Waals surface area contributed by atoms with Crippen LogP contribution in [-0.4, -0.2) is 18.4 Å². The van der Waals surface area contributed by atoms with Gasteiger partial charge in [-0.2, -0.15) is 5.10 Å². The number of ether oxygens (including phenoxy) is 1. The lowest BCUT2D eigenvalue weighted by Crippen LogP contribution is -2.20. The molecule has 2 rings (SSSR count). The van der Waals surface area contributed by atoms with Crippen LogP contribution < -0.4 is 5.43 Å². The van der Waals surface area contributed by atoms with Gasteiger partial charge in [-0.05, 0) is 30.5 Å². The first-order valence-electron chi connectivity index (χ1n) is 6.83. The fourth-order valence-electron chi connectivity index (χ4n) is 1.89. The molecular weight excluding hydrogens is 264 g/mol. The Kier molecular flexibility index (Phi) is 5.10. The quantitative estimate of drug-likeness (QED) is 0.684. The Bertz CT molecular complexity index is 619. The van der Waals surface area contributed by atoms with Gasteiger partial charge in [-0.25, -0.2) is 10.2 Å². The van der Waals surface area contributed by atoms with Crippen molar-refractivity contribution in [2.45, 2.75) is 13.8 Å². The van der Waals surface area contributed by atoms with Gasteiger partial charge in [0, 0.05) is 0 Å². The molecule has 4 nitrogen and oxygen atoms in total. The van der Waals surface area contributed by atoms with E-state index in [1.54, 1.807) is 6.92 Å². The molecule has 0 heterocycles. The van der Waals surface area contributed by atoms with Gasteiger partial charge < -0.3 is 4.74 Å². The maximum atomic E-state index is 11.2. The smallest absolute Gasteiger partial charge is 0.427 e. The number of nitrogens with zero attached hydrogens (tertiary/aromatic N) is 1. The molecule has 0 saturated heterocycles. The number of hydrogen-bond acceptors (Lipinski definition) is 3. The molecule has 0 saturated carbocycles. The van der Waals surface area contributed by atoms with Crippen LogP contribution in [0.5, 0.6) is 0 Å². The molecule has 0 unspecified atom stereocenters. The van der Waals surface area contributed by atoms with Gasteiger partial charge in [0.25, 0.3) is 0 Å². The predicted octanol–water partition coefficient (Wildman–Crippen LogP) is 3.82. The maximum Gasteiger partial charge on any atom is 0.427 e. The Balaban J connectivity index is 2.08. The molecule has 0 bridgehead atoms. The first kappa shape index (κ1) is 14.8. The van der Waals surface area contributed by atoms with E-state index >= 15 is 0 Å². The van der Waals surface area contributed by atoms with E-state index < -0.39 is 6.09 Å². The number of rotatable bonds is 4. The van der Waals surface area contributed by atoms with E-state index in [1.807, 2.05) is 49.4 Å². The summed E-state index contributed by atoms with van der Waals surface area (Å²) in [6, 6.07) is 18.2. The lowest BCUT2D eigenvalue weighted by atomic mass is 10.0. The summed E-state index contributed by atoms with van der Waals surface area (Å²) in [5.41, 5.74) is 6.34. The first-order chi connectivity index (χ1) is 10.2. The van der Waals surface area contributed by atoms with Crippen molar-refractivity contribution in [2.75, 3.05) is 6.61 Å². The van der Waals surface area contributed by atoms with Gasteiger partial charge in [-0.15, -0.1) is 0 Å². The zero-order valence-electron chi connectivity index (χ0n) is 12.2. The lowest BCUT2D eigenvalue weighted by Gasteiger charge is -2.05. The molecule has 0 radical (unpaired) electrons. The number of hydrogen-bond donors (Lipinski definition) is 1. The topological polar surface area (TPSA) is 50.7 Å². The molecule has 0 atom stereocenters. The van der Waals surface area contributed by atoms with E-state index in [-0.39, 0.29) is 0 Å². The fraction of sp³-hybridized carbons (Fsp3) is 0.176. The molecule has 4 heteroatoms. The minimum Gasteiger partial charge on any atom is -0.449 e. The molecule has 108 valence electrons. The van der Waals surface area contributed by atoms with Gasteiger partial charge in [0.15, 0.2) is 0 Å². The Morgan fingerprint density at radius 1 is 1.05 bits per heavy atom. The average Bonchev–Trinajstić information content (AvgIpc) is 2.54. The van der Waals surface area contributed by atoms with E-state index in [4.69, 9.17) is 4.74 Å². The zero-order chi connectivity index (χ0) is 15.1. The van der Waals surface area contributed by atoms with E-state index in [0.29, 0.717) is 6.61 Å². The van der Waals surface area contributed by atoms with Crippen LogP contribution in [0.3, 0.4) is 0 Å². The van der Waals surface area contributed by atoms with Gasteiger partial charge in [0.1, 0.15) is 0 Å². The van der Waals surface area contributed by atoms with E-state index in [0.717, 1.165) is 16.8 Å². The summed E-state index contributed by atoms with van der Waals surface area (Å²) in [7, 11) is 0. The van der Waals surface area contributed by atoms with E-state index in [1.165, 1.54) is 5.56 Å². The van der Waals surface area contributed by atoms with Crippen molar-refractivity contribution >= 4 is 11.8 Å². The Morgan fingerprint density at radius 3 is 2.29 bits per heavy atom. The van der Waals surface area contributed by atoms with E-state index in [2.05, 4.69) is 22.7 Å². The third-order valence-corrected chi connectivity index (χ3v) is 3.00. The highest BCUT2D eigenvalue weighted by Crippen LogP contribution is 2.19. The van der Waals surface area contributed by atoms with Crippen LogP contribution in [0.15, 0.2) is 59.7 Å². The minimum absolute atomic E-state index is 0.326. The lowest BCUT2D eigenvalue weighted by molar-refractivity contribution is 0.152. The predicted molar refractivity (Wildman–Crippen MR) is 84.2 cm³/mol. The molecule has 2 aromatic rings. The van der Waals surface area contributed by atoms with Crippen molar-refractivity contribution in [2.24, 2.45) is 5.10 Å². The number of carbonyl (C=O) groups excluding carboxylic acids is 1. The highest BCUT2D eigenvalue weighted by Gasteiger charge is 2.02. The third-order valence-electron chi connectivity index (χ3n) is 3.00. The molecule has 0 aromatic heterocycles.